The molecular formula is C12H10INOS2. The summed E-state index contributed by atoms with van der Waals surface area (Å²) in [4.78, 5) is 11.7. The van der Waals surface area contributed by atoms with Crippen molar-refractivity contribution in [2.45, 2.75) is 4.21 Å². The minimum atomic E-state index is 0.0320. The molecule has 88 valence electrons. The third-order valence-corrected chi connectivity index (χ3v) is 4.82. The van der Waals surface area contributed by atoms with Gasteiger partial charge in [-0.3, -0.25) is 4.79 Å². The van der Waals surface area contributed by atoms with Crippen LogP contribution in [0.3, 0.4) is 0 Å². The topological polar surface area (TPSA) is 29.1 Å². The van der Waals surface area contributed by atoms with E-state index in [-0.39, 0.29) is 5.91 Å². The lowest BCUT2D eigenvalue weighted by atomic mass is 10.3. The van der Waals surface area contributed by atoms with Crippen molar-refractivity contribution in [3.63, 3.8) is 0 Å². The van der Waals surface area contributed by atoms with Gasteiger partial charge in [0.25, 0.3) is 0 Å². The highest BCUT2D eigenvalue weighted by Crippen LogP contribution is 2.23. The van der Waals surface area contributed by atoms with Gasteiger partial charge in [-0.05, 0) is 58.3 Å². The Morgan fingerprint density at radius 1 is 1.29 bits per heavy atom. The van der Waals surface area contributed by atoms with Crippen LogP contribution in [0.5, 0.6) is 0 Å². The van der Waals surface area contributed by atoms with Crippen LogP contribution in [0.15, 0.2) is 46.0 Å². The maximum Gasteiger partial charge on any atom is 0.234 e. The molecule has 2 rings (SSSR count). The molecule has 0 saturated carbocycles. The average Bonchev–Trinajstić information content (AvgIpc) is 2.83. The lowest BCUT2D eigenvalue weighted by Crippen LogP contribution is -2.13. The monoisotopic (exact) mass is 375 g/mol. The van der Waals surface area contributed by atoms with E-state index >= 15 is 0 Å². The highest BCUT2D eigenvalue weighted by molar-refractivity contribution is 14.1. The number of benzene rings is 1. The van der Waals surface area contributed by atoms with E-state index in [9.17, 15) is 4.79 Å². The van der Waals surface area contributed by atoms with Gasteiger partial charge in [0.15, 0.2) is 0 Å². The third kappa shape index (κ3) is 4.33. The summed E-state index contributed by atoms with van der Waals surface area (Å²) in [5, 5.41) is 4.89. The van der Waals surface area contributed by atoms with E-state index in [1.54, 1.807) is 23.1 Å². The predicted octanol–water partition coefficient (Wildman–Crippen LogP) is 4.08. The highest BCUT2D eigenvalue weighted by Gasteiger charge is 2.03. The predicted molar refractivity (Wildman–Crippen MR) is 82.8 cm³/mol. The molecule has 0 spiro atoms. The Bertz CT molecular complexity index is 482. The van der Waals surface area contributed by atoms with Crippen LogP contribution in [0.25, 0.3) is 0 Å². The van der Waals surface area contributed by atoms with Gasteiger partial charge in [0, 0.05) is 9.26 Å². The molecule has 17 heavy (non-hydrogen) atoms. The van der Waals surface area contributed by atoms with Gasteiger partial charge in [0.2, 0.25) is 5.91 Å². The van der Waals surface area contributed by atoms with Crippen LogP contribution >= 0.6 is 45.7 Å². The fraction of sp³-hybridized carbons (Fsp3) is 0.0833. The molecule has 0 aliphatic rings. The quantitative estimate of drug-likeness (QED) is 0.645. The number of thioether (sulfide) groups is 1. The summed E-state index contributed by atoms with van der Waals surface area (Å²) in [6.07, 6.45) is 0. The third-order valence-electron chi connectivity index (χ3n) is 1.97. The maximum atomic E-state index is 11.7. The molecule has 0 unspecified atom stereocenters. The first-order chi connectivity index (χ1) is 8.24. The van der Waals surface area contributed by atoms with Gasteiger partial charge in [-0.25, -0.2) is 0 Å². The normalized spacial score (nSPS) is 10.2. The molecule has 0 saturated heterocycles. The van der Waals surface area contributed by atoms with Gasteiger partial charge in [0.05, 0.1) is 9.96 Å². The number of halogens is 1. The van der Waals surface area contributed by atoms with Crippen molar-refractivity contribution in [2.24, 2.45) is 0 Å². The molecule has 0 aliphatic carbocycles. The first-order valence-electron chi connectivity index (χ1n) is 4.96. The SMILES string of the molecule is O=C(CSc1cccs1)Nc1ccc(I)cc1. The summed E-state index contributed by atoms with van der Waals surface area (Å²) in [5.41, 5.74) is 0.849. The molecule has 0 atom stereocenters. The van der Waals surface area contributed by atoms with Gasteiger partial charge in [-0.2, -0.15) is 0 Å². The number of rotatable bonds is 4. The smallest absolute Gasteiger partial charge is 0.234 e. The van der Waals surface area contributed by atoms with Crippen molar-refractivity contribution >= 4 is 57.3 Å². The summed E-state index contributed by atoms with van der Waals surface area (Å²) in [5.74, 6) is 0.483. The molecule has 1 heterocycles. The molecule has 1 aromatic heterocycles. The molecule has 1 amide bonds. The highest BCUT2D eigenvalue weighted by atomic mass is 127. The second-order valence-electron chi connectivity index (χ2n) is 3.28. The zero-order valence-electron chi connectivity index (χ0n) is 8.85. The van der Waals surface area contributed by atoms with Crippen molar-refractivity contribution in [2.75, 3.05) is 11.1 Å². The Balaban J connectivity index is 1.83. The van der Waals surface area contributed by atoms with Gasteiger partial charge < -0.3 is 5.32 Å². The summed E-state index contributed by atoms with van der Waals surface area (Å²) >= 11 is 5.46. The maximum absolute atomic E-state index is 11.7. The van der Waals surface area contributed by atoms with Crippen molar-refractivity contribution < 1.29 is 4.79 Å². The number of hydrogen-bond donors (Lipinski definition) is 1. The summed E-state index contributed by atoms with van der Waals surface area (Å²) in [7, 11) is 0. The Kier molecular flexibility index (Phi) is 4.87. The fourth-order valence-corrected chi connectivity index (χ4v) is 3.16. The van der Waals surface area contributed by atoms with E-state index in [4.69, 9.17) is 0 Å². The fourth-order valence-electron chi connectivity index (χ4n) is 1.21. The first-order valence-corrected chi connectivity index (χ1v) is 7.90. The molecule has 0 radical (unpaired) electrons. The molecule has 1 N–H and O–H groups in total. The molecule has 0 aliphatic heterocycles. The van der Waals surface area contributed by atoms with E-state index in [2.05, 4.69) is 27.9 Å². The van der Waals surface area contributed by atoms with Crippen LogP contribution in [0, 0.1) is 3.57 Å². The number of nitrogens with one attached hydrogen (secondary N) is 1. The molecule has 2 aromatic rings. The van der Waals surface area contributed by atoms with E-state index in [1.807, 2.05) is 41.8 Å². The van der Waals surface area contributed by atoms with Gasteiger partial charge >= 0.3 is 0 Å². The Morgan fingerprint density at radius 3 is 2.71 bits per heavy atom. The largest absolute Gasteiger partial charge is 0.325 e. The number of carbonyl (C=O) groups excluding carboxylic acids is 1. The molecular weight excluding hydrogens is 365 g/mol. The number of thiophene rings is 1. The van der Waals surface area contributed by atoms with Crippen LogP contribution < -0.4 is 5.32 Å². The lowest BCUT2D eigenvalue weighted by Gasteiger charge is -2.04. The zero-order valence-corrected chi connectivity index (χ0v) is 12.6. The van der Waals surface area contributed by atoms with Crippen LogP contribution in [-0.4, -0.2) is 11.7 Å². The molecule has 2 nitrogen and oxygen atoms in total. The van der Waals surface area contributed by atoms with Gasteiger partial charge in [-0.15, -0.1) is 23.1 Å². The first kappa shape index (κ1) is 12.9. The van der Waals surface area contributed by atoms with E-state index in [0.29, 0.717) is 5.75 Å². The summed E-state index contributed by atoms with van der Waals surface area (Å²) in [6.45, 7) is 0. The van der Waals surface area contributed by atoms with Gasteiger partial charge in [0.1, 0.15) is 0 Å². The van der Waals surface area contributed by atoms with Crippen molar-refractivity contribution in [1.82, 2.24) is 0 Å². The van der Waals surface area contributed by atoms with E-state index in [1.165, 1.54) is 4.21 Å². The van der Waals surface area contributed by atoms with E-state index in [0.717, 1.165) is 9.26 Å². The van der Waals surface area contributed by atoms with Crippen LogP contribution in [-0.2, 0) is 4.79 Å². The zero-order chi connectivity index (χ0) is 12.1. The minimum Gasteiger partial charge on any atom is -0.325 e. The Labute approximate surface area is 122 Å². The Hall–Kier alpha value is -0.530. The van der Waals surface area contributed by atoms with Crippen LogP contribution in [0.4, 0.5) is 5.69 Å². The summed E-state index contributed by atoms with van der Waals surface area (Å²) < 4.78 is 2.33. The lowest BCUT2D eigenvalue weighted by molar-refractivity contribution is -0.113. The summed E-state index contributed by atoms with van der Waals surface area (Å²) in [6, 6.07) is 11.8. The molecule has 0 bridgehead atoms. The molecule has 5 heteroatoms. The average molecular weight is 375 g/mol. The van der Waals surface area contributed by atoms with E-state index < -0.39 is 0 Å². The second kappa shape index (κ2) is 6.42. The molecule has 1 aromatic carbocycles. The van der Waals surface area contributed by atoms with Crippen LogP contribution in [0.1, 0.15) is 0 Å². The number of carbonyl (C=O) groups is 1. The van der Waals surface area contributed by atoms with Crippen LogP contribution in [0.2, 0.25) is 0 Å². The minimum absolute atomic E-state index is 0.0320. The van der Waals surface area contributed by atoms with Crippen molar-refractivity contribution in [3.8, 4) is 0 Å². The second-order valence-corrected chi connectivity index (χ2v) is 6.74. The molecule has 0 fully saturated rings. The van der Waals surface area contributed by atoms with Gasteiger partial charge in [-0.1, -0.05) is 6.07 Å². The Morgan fingerprint density at radius 2 is 2.06 bits per heavy atom. The number of hydrogen-bond acceptors (Lipinski definition) is 3. The van der Waals surface area contributed by atoms with Crippen molar-refractivity contribution in [1.29, 1.82) is 0 Å². The number of amides is 1. The number of anilines is 1. The standard InChI is InChI=1S/C12H10INOS2/c13-9-3-5-10(6-4-9)14-11(15)8-17-12-2-1-7-16-12/h1-7H,8H2,(H,14,15). The van der Waals surface area contributed by atoms with Crippen molar-refractivity contribution in [3.05, 3.63) is 45.3 Å².